The van der Waals surface area contributed by atoms with Gasteiger partial charge >= 0.3 is 0 Å². The van der Waals surface area contributed by atoms with Crippen LogP contribution in [-0.4, -0.2) is 59.2 Å². The lowest BCUT2D eigenvalue weighted by Crippen LogP contribution is -2.47. The topological polar surface area (TPSA) is 52.9 Å². The minimum Gasteiger partial charge on any atom is -0.393 e. The van der Waals surface area contributed by atoms with Crippen molar-refractivity contribution in [3.63, 3.8) is 0 Å². The summed E-state index contributed by atoms with van der Waals surface area (Å²) in [5.41, 5.74) is 3.51. The number of ether oxygens (including phenoxy) is 1. The predicted molar refractivity (Wildman–Crippen MR) is 124 cm³/mol. The van der Waals surface area contributed by atoms with Gasteiger partial charge in [-0.15, -0.1) is 0 Å². The van der Waals surface area contributed by atoms with Crippen LogP contribution in [0.3, 0.4) is 0 Å². The molecule has 1 aliphatic heterocycles. The molecule has 4 aliphatic carbocycles. The zero-order chi connectivity index (χ0) is 21.6. The Kier molecular flexibility index (Phi) is 6.13. The lowest BCUT2D eigenvalue weighted by molar-refractivity contribution is -0.0546. The number of hydrogen-bond donors (Lipinski definition) is 2. The van der Waals surface area contributed by atoms with Gasteiger partial charge in [0.2, 0.25) is 0 Å². The monoisotopic (exact) mass is 429 g/mol. The summed E-state index contributed by atoms with van der Waals surface area (Å²) in [6, 6.07) is 0. The lowest BCUT2D eigenvalue weighted by Gasteiger charge is -2.45. The molecule has 0 unspecified atom stereocenters. The van der Waals surface area contributed by atoms with Crippen molar-refractivity contribution in [3.8, 4) is 0 Å². The quantitative estimate of drug-likeness (QED) is 0.693. The average Bonchev–Trinajstić information content (AvgIpc) is 3.34. The van der Waals surface area contributed by atoms with Gasteiger partial charge in [-0.25, -0.2) is 0 Å². The number of aliphatic hydroxyl groups is 2. The average molecular weight is 430 g/mol. The molecule has 4 saturated carbocycles. The third-order valence-electron chi connectivity index (χ3n) is 9.48. The maximum Gasteiger partial charge on any atom is 0.0811 e. The molecule has 5 rings (SSSR count). The van der Waals surface area contributed by atoms with Crippen LogP contribution < -0.4 is 0 Å². The Hall–Kier alpha value is -0.680. The number of nitrogens with zero attached hydrogens (tertiary/aromatic N) is 1. The van der Waals surface area contributed by atoms with E-state index in [-0.39, 0.29) is 17.8 Å². The molecule has 0 aromatic carbocycles. The largest absolute Gasteiger partial charge is 0.393 e. The van der Waals surface area contributed by atoms with Crippen LogP contribution in [0, 0.1) is 23.2 Å². The van der Waals surface area contributed by atoms with Crippen molar-refractivity contribution in [1.29, 1.82) is 0 Å². The SMILES string of the molecule is C[C@H](CN1CCOC2(CC2)C1)[C@H]1CC[C@H]2/C(=C/C=C3C[C@@H](O)C[C@H](O)C3)CCC[C@]12C. The highest BCUT2D eigenvalue weighted by molar-refractivity contribution is 5.26. The molecule has 4 heteroatoms. The van der Waals surface area contributed by atoms with Gasteiger partial charge in [0, 0.05) is 19.6 Å². The third kappa shape index (κ3) is 4.55. The predicted octanol–water partition coefficient (Wildman–Crippen LogP) is 4.46. The molecule has 1 spiro atoms. The number of morpholine rings is 1. The van der Waals surface area contributed by atoms with Crippen molar-refractivity contribution in [2.45, 2.75) is 95.9 Å². The minimum absolute atomic E-state index is 0.231. The molecule has 31 heavy (non-hydrogen) atoms. The van der Waals surface area contributed by atoms with Crippen LogP contribution in [-0.2, 0) is 4.74 Å². The molecular formula is C27H43NO3. The lowest BCUT2D eigenvalue weighted by atomic mass is 9.61. The van der Waals surface area contributed by atoms with E-state index in [1.54, 1.807) is 5.57 Å². The maximum atomic E-state index is 10.0. The molecule has 4 nitrogen and oxygen atoms in total. The molecule has 0 aromatic rings. The first-order valence-electron chi connectivity index (χ1n) is 13.0. The second kappa shape index (κ2) is 8.59. The van der Waals surface area contributed by atoms with Crippen LogP contribution in [0.15, 0.2) is 23.3 Å². The maximum absolute atomic E-state index is 10.0. The van der Waals surface area contributed by atoms with E-state index < -0.39 is 0 Å². The van der Waals surface area contributed by atoms with Gasteiger partial charge in [0.1, 0.15) is 0 Å². The highest BCUT2D eigenvalue weighted by Crippen LogP contribution is 2.59. The van der Waals surface area contributed by atoms with Crippen LogP contribution in [0.1, 0.15) is 78.1 Å². The fourth-order valence-electron chi connectivity index (χ4n) is 7.80. The van der Waals surface area contributed by atoms with E-state index in [1.165, 1.54) is 57.1 Å². The van der Waals surface area contributed by atoms with E-state index >= 15 is 0 Å². The Labute approximate surface area is 188 Å². The molecule has 1 saturated heterocycles. The minimum atomic E-state index is -0.378. The van der Waals surface area contributed by atoms with Gasteiger partial charge in [0.15, 0.2) is 0 Å². The van der Waals surface area contributed by atoms with Gasteiger partial charge in [-0.3, -0.25) is 4.90 Å². The van der Waals surface area contributed by atoms with Crippen molar-refractivity contribution >= 4 is 0 Å². The van der Waals surface area contributed by atoms with Crippen LogP contribution >= 0.6 is 0 Å². The standard InChI is InChI=1S/C27H43NO3/c1-19(17-28-12-13-31-27(18-28)10-11-27)24-7-8-25-21(4-3-9-26(24,25)2)6-5-20-14-22(29)16-23(30)15-20/h5-6,19,22-25,29-30H,3-4,7-18H2,1-2H3/b21-6+/t19-,22-,23-,24-,25+,26-/m1/s1. The Balaban J connectivity index is 1.26. The van der Waals surface area contributed by atoms with E-state index in [1.807, 2.05) is 0 Å². The van der Waals surface area contributed by atoms with E-state index in [9.17, 15) is 10.2 Å². The zero-order valence-corrected chi connectivity index (χ0v) is 19.7. The first-order chi connectivity index (χ1) is 14.9. The summed E-state index contributed by atoms with van der Waals surface area (Å²) >= 11 is 0. The molecule has 0 bridgehead atoms. The van der Waals surface area contributed by atoms with Crippen molar-refractivity contribution < 1.29 is 14.9 Å². The number of hydrogen-bond acceptors (Lipinski definition) is 4. The second-order valence-corrected chi connectivity index (χ2v) is 11.9. The Bertz CT molecular complexity index is 714. The highest BCUT2D eigenvalue weighted by atomic mass is 16.5. The van der Waals surface area contributed by atoms with Gasteiger partial charge in [-0.2, -0.15) is 0 Å². The van der Waals surface area contributed by atoms with Crippen LogP contribution in [0.5, 0.6) is 0 Å². The molecular weight excluding hydrogens is 386 g/mol. The molecule has 5 fully saturated rings. The smallest absolute Gasteiger partial charge is 0.0811 e. The van der Waals surface area contributed by atoms with Gasteiger partial charge in [-0.05, 0) is 87.4 Å². The third-order valence-corrected chi connectivity index (χ3v) is 9.48. The van der Waals surface area contributed by atoms with Crippen molar-refractivity contribution in [1.82, 2.24) is 4.90 Å². The number of allylic oxidation sites excluding steroid dienone is 3. The summed E-state index contributed by atoms with van der Waals surface area (Å²) < 4.78 is 6.04. The first kappa shape index (κ1) is 22.1. The van der Waals surface area contributed by atoms with Crippen molar-refractivity contribution in [2.75, 3.05) is 26.2 Å². The van der Waals surface area contributed by atoms with Gasteiger partial charge in [0.25, 0.3) is 0 Å². The number of aliphatic hydroxyl groups excluding tert-OH is 2. The van der Waals surface area contributed by atoms with E-state index in [0.29, 0.717) is 17.8 Å². The summed E-state index contributed by atoms with van der Waals surface area (Å²) in [5.74, 6) is 2.26. The van der Waals surface area contributed by atoms with E-state index in [2.05, 4.69) is 30.9 Å². The molecule has 5 aliphatic rings. The van der Waals surface area contributed by atoms with Gasteiger partial charge in [0.05, 0.1) is 24.4 Å². The summed E-state index contributed by atoms with van der Waals surface area (Å²) in [6.07, 6.45) is 15.0. The molecule has 174 valence electrons. The summed E-state index contributed by atoms with van der Waals surface area (Å²) in [5, 5.41) is 20.0. The van der Waals surface area contributed by atoms with Crippen LogP contribution in [0.2, 0.25) is 0 Å². The zero-order valence-electron chi connectivity index (χ0n) is 19.7. The van der Waals surface area contributed by atoms with E-state index in [4.69, 9.17) is 4.74 Å². The molecule has 0 aromatic heterocycles. The number of rotatable bonds is 4. The van der Waals surface area contributed by atoms with Crippen LogP contribution in [0.4, 0.5) is 0 Å². The Morgan fingerprint density at radius 2 is 1.90 bits per heavy atom. The van der Waals surface area contributed by atoms with Gasteiger partial charge in [-0.1, -0.05) is 37.1 Å². The molecule has 1 heterocycles. The van der Waals surface area contributed by atoms with Crippen LogP contribution in [0.25, 0.3) is 0 Å². The molecule has 2 N–H and O–H groups in total. The summed E-state index contributed by atoms with van der Waals surface area (Å²) in [4.78, 5) is 2.70. The second-order valence-electron chi connectivity index (χ2n) is 11.9. The van der Waals surface area contributed by atoms with E-state index in [0.717, 1.165) is 44.4 Å². The van der Waals surface area contributed by atoms with Crippen molar-refractivity contribution in [3.05, 3.63) is 23.3 Å². The van der Waals surface area contributed by atoms with Crippen molar-refractivity contribution in [2.24, 2.45) is 23.2 Å². The summed E-state index contributed by atoms with van der Waals surface area (Å²) in [7, 11) is 0. The Morgan fingerprint density at radius 1 is 1.13 bits per heavy atom. The first-order valence-corrected chi connectivity index (χ1v) is 13.0. The number of fused-ring (bicyclic) bond motifs is 1. The fourth-order valence-corrected chi connectivity index (χ4v) is 7.80. The highest BCUT2D eigenvalue weighted by Gasteiger charge is 2.52. The molecule has 0 radical (unpaired) electrons. The molecule has 0 amide bonds. The summed E-state index contributed by atoms with van der Waals surface area (Å²) in [6.45, 7) is 9.51. The van der Waals surface area contributed by atoms with Gasteiger partial charge < -0.3 is 14.9 Å². The molecule has 6 atom stereocenters. The fraction of sp³-hybridized carbons (Fsp3) is 0.852. The Morgan fingerprint density at radius 3 is 2.65 bits per heavy atom. The normalized spacial score (nSPS) is 42.6.